The van der Waals surface area contributed by atoms with Crippen LogP contribution in [0.4, 0.5) is 0 Å². The maximum atomic E-state index is 12.7. The molecule has 0 bridgehead atoms. The molecule has 1 fully saturated rings. The van der Waals surface area contributed by atoms with E-state index in [0.717, 1.165) is 37.3 Å². The Labute approximate surface area is 130 Å². The van der Waals surface area contributed by atoms with Gasteiger partial charge in [0.1, 0.15) is 0 Å². The zero-order valence-corrected chi connectivity index (χ0v) is 12.9. The van der Waals surface area contributed by atoms with Crippen LogP contribution in [0, 0.1) is 12.8 Å². The summed E-state index contributed by atoms with van der Waals surface area (Å²) in [6, 6.07) is 9.85. The Kier molecular flexibility index (Phi) is 4.24. The molecule has 0 aliphatic carbocycles. The van der Waals surface area contributed by atoms with Crippen molar-refractivity contribution in [2.45, 2.75) is 19.8 Å². The maximum Gasteiger partial charge on any atom is 0.257 e. The van der Waals surface area contributed by atoms with E-state index in [1.165, 1.54) is 0 Å². The van der Waals surface area contributed by atoms with Crippen molar-refractivity contribution >= 4 is 5.91 Å². The highest BCUT2D eigenvalue weighted by Crippen LogP contribution is 2.20. The molecule has 5 nitrogen and oxygen atoms in total. The molecule has 3 rings (SSSR count). The monoisotopic (exact) mass is 298 g/mol. The van der Waals surface area contributed by atoms with E-state index < -0.39 is 0 Å². The minimum Gasteiger partial charge on any atom is -0.339 e. The average Bonchev–Trinajstić information content (AvgIpc) is 2.97. The van der Waals surface area contributed by atoms with Crippen LogP contribution in [0.5, 0.6) is 0 Å². The summed E-state index contributed by atoms with van der Waals surface area (Å²) in [6.07, 6.45) is 3.82. The molecule has 2 aromatic rings. The number of aromatic nitrogens is 2. The van der Waals surface area contributed by atoms with Gasteiger partial charge in [-0.1, -0.05) is 18.2 Å². The van der Waals surface area contributed by atoms with E-state index in [0.29, 0.717) is 18.0 Å². The Hall–Kier alpha value is -2.14. The molecule has 2 heterocycles. The third-order valence-electron chi connectivity index (χ3n) is 4.39. The number of hydrogen-bond acceptors (Lipinski definition) is 3. The smallest absolute Gasteiger partial charge is 0.257 e. The Morgan fingerprint density at radius 1 is 1.27 bits per heavy atom. The molecule has 1 aromatic carbocycles. The fourth-order valence-electron chi connectivity index (χ4n) is 2.93. The molecule has 1 aliphatic rings. The van der Waals surface area contributed by atoms with Crippen LogP contribution < -0.4 is 5.73 Å². The summed E-state index contributed by atoms with van der Waals surface area (Å²) in [5.74, 6) is 0.632. The zero-order valence-electron chi connectivity index (χ0n) is 12.9. The number of rotatable bonds is 3. The molecule has 1 saturated heterocycles. The van der Waals surface area contributed by atoms with Gasteiger partial charge in [0, 0.05) is 19.3 Å². The Bertz CT molecular complexity index is 642. The second-order valence-electron chi connectivity index (χ2n) is 5.88. The first-order valence-corrected chi connectivity index (χ1v) is 7.80. The first-order chi connectivity index (χ1) is 10.7. The van der Waals surface area contributed by atoms with Crippen molar-refractivity contribution in [3.05, 3.63) is 47.8 Å². The number of amides is 1. The van der Waals surface area contributed by atoms with Crippen LogP contribution in [0.2, 0.25) is 0 Å². The topological polar surface area (TPSA) is 64.2 Å². The van der Waals surface area contributed by atoms with Crippen LogP contribution >= 0.6 is 0 Å². The van der Waals surface area contributed by atoms with Crippen LogP contribution in [-0.2, 0) is 0 Å². The third-order valence-corrected chi connectivity index (χ3v) is 4.39. The van der Waals surface area contributed by atoms with E-state index in [2.05, 4.69) is 5.10 Å². The number of benzene rings is 1. The lowest BCUT2D eigenvalue weighted by Crippen LogP contribution is -2.40. The first-order valence-electron chi connectivity index (χ1n) is 7.80. The van der Waals surface area contributed by atoms with E-state index in [1.54, 1.807) is 4.68 Å². The van der Waals surface area contributed by atoms with Crippen molar-refractivity contribution in [1.82, 2.24) is 14.7 Å². The standard InChI is InChI=1S/C17H22N4O/c1-13-16(12-21(19-13)15-5-3-2-4-6-15)17(22)20-9-7-14(11-18)8-10-20/h2-6,12,14H,7-11,18H2,1H3. The largest absolute Gasteiger partial charge is 0.339 e. The summed E-state index contributed by atoms with van der Waals surface area (Å²) >= 11 is 0. The molecule has 1 amide bonds. The summed E-state index contributed by atoms with van der Waals surface area (Å²) in [5, 5.41) is 4.48. The van der Waals surface area contributed by atoms with Gasteiger partial charge in [0.2, 0.25) is 0 Å². The fraction of sp³-hybridized carbons (Fsp3) is 0.412. The lowest BCUT2D eigenvalue weighted by Gasteiger charge is -2.31. The minimum atomic E-state index is 0.0788. The maximum absolute atomic E-state index is 12.7. The van der Waals surface area contributed by atoms with Gasteiger partial charge in [0.25, 0.3) is 5.91 Å². The highest BCUT2D eigenvalue weighted by atomic mass is 16.2. The molecule has 116 valence electrons. The zero-order chi connectivity index (χ0) is 15.5. The highest BCUT2D eigenvalue weighted by Gasteiger charge is 2.25. The molecule has 0 saturated carbocycles. The number of nitrogens with two attached hydrogens (primary N) is 1. The number of para-hydroxylation sites is 1. The van der Waals surface area contributed by atoms with Gasteiger partial charge in [-0.15, -0.1) is 0 Å². The molecule has 22 heavy (non-hydrogen) atoms. The van der Waals surface area contributed by atoms with Crippen molar-refractivity contribution in [1.29, 1.82) is 0 Å². The summed E-state index contributed by atoms with van der Waals surface area (Å²) in [5.41, 5.74) is 8.14. The average molecular weight is 298 g/mol. The second kappa shape index (κ2) is 6.32. The van der Waals surface area contributed by atoms with Crippen molar-refractivity contribution in [2.75, 3.05) is 19.6 Å². The van der Waals surface area contributed by atoms with E-state index in [9.17, 15) is 4.79 Å². The van der Waals surface area contributed by atoms with Crippen LogP contribution in [0.25, 0.3) is 5.69 Å². The summed E-state index contributed by atoms with van der Waals surface area (Å²) in [4.78, 5) is 14.6. The fourth-order valence-corrected chi connectivity index (χ4v) is 2.93. The normalized spacial score (nSPS) is 16.0. The second-order valence-corrected chi connectivity index (χ2v) is 5.88. The number of hydrogen-bond donors (Lipinski definition) is 1. The number of likely N-dealkylation sites (tertiary alicyclic amines) is 1. The van der Waals surface area contributed by atoms with Crippen LogP contribution in [0.3, 0.4) is 0 Å². The number of carbonyl (C=O) groups is 1. The van der Waals surface area contributed by atoms with Gasteiger partial charge in [-0.25, -0.2) is 4.68 Å². The third kappa shape index (κ3) is 2.90. The molecular formula is C17H22N4O. The van der Waals surface area contributed by atoms with Gasteiger partial charge >= 0.3 is 0 Å². The predicted molar refractivity (Wildman–Crippen MR) is 86.0 cm³/mol. The quantitative estimate of drug-likeness (QED) is 0.942. The highest BCUT2D eigenvalue weighted by molar-refractivity contribution is 5.95. The first kappa shape index (κ1) is 14.8. The van der Waals surface area contributed by atoms with Gasteiger partial charge in [-0.05, 0) is 44.4 Å². The molecule has 0 spiro atoms. The van der Waals surface area contributed by atoms with E-state index in [-0.39, 0.29) is 5.91 Å². The molecular weight excluding hydrogens is 276 g/mol. The lowest BCUT2D eigenvalue weighted by atomic mass is 9.97. The summed E-state index contributed by atoms with van der Waals surface area (Å²) < 4.78 is 1.77. The molecule has 0 unspecified atom stereocenters. The SMILES string of the molecule is Cc1nn(-c2ccccc2)cc1C(=O)N1CCC(CN)CC1. The Balaban J connectivity index is 1.78. The minimum absolute atomic E-state index is 0.0788. The molecule has 0 radical (unpaired) electrons. The van der Waals surface area contributed by atoms with Crippen molar-refractivity contribution in [3.63, 3.8) is 0 Å². The van der Waals surface area contributed by atoms with Gasteiger partial charge in [-0.3, -0.25) is 4.79 Å². The predicted octanol–water partition coefficient (Wildman–Crippen LogP) is 1.99. The Morgan fingerprint density at radius 2 is 1.95 bits per heavy atom. The Morgan fingerprint density at radius 3 is 2.59 bits per heavy atom. The molecule has 5 heteroatoms. The number of piperidine rings is 1. The van der Waals surface area contributed by atoms with Gasteiger partial charge < -0.3 is 10.6 Å². The number of aryl methyl sites for hydroxylation is 1. The van der Waals surface area contributed by atoms with Crippen LogP contribution in [-0.4, -0.2) is 40.2 Å². The molecule has 0 atom stereocenters. The number of nitrogens with zero attached hydrogens (tertiary/aromatic N) is 3. The van der Waals surface area contributed by atoms with E-state index in [1.807, 2.05) is 48.4 Å². The number of carbonyl (C=O) groups excluding carboxylic acids is 1. The van der Waals surface area contributed by atoms with Crippen molar-refractivity contribution in [3.8, 4) is 5.69 Å². The van der Waals surface area contributed by atoms with Gasteiger partial charge in [0.15, 0.2) is 0 Å². The molecule has 1 aliphatic heterocycles. The van der Waals surface area contributed by atoms with Crippen molar-refractivity contribution in [2.24, 2.45) is 11.7 Å². The summed E-state index contributed by atoms with van der Waals surface area (Å²) in [7, 11) is 0. The summed E-state index contributed by atoms with van der Waals surface area (Å²) in [6.45, 7) is 4.18. The molecule has 2 N–H and O–H groups in total. The van der Waals surface area contributed by atoms with Crippen LogP contribution in [0.15, 0.2) is 36.5 Å². The molecule has 1 aromatic heterocycles. The van der Waals surface area contributed by atoms with E-state index >= 15 is 0 Å². The van der Waals surface area contributed by atoms with Crippen molar-refractivity contribution < 1.29 is 4.79 Å². The van der Waals surface area contributed by atoms with E-state index in [4.69, 9.17) is 5.73 Å². The van der Waals surface area contributed by atoms with Gasteiger partial charge in [0.05, 0.1) is 16.9 Å². The van der Waals surface area contributed by atoms with Crippen LogP contribution in [0.1, 0.15) is 28.9 Å². The van der Waals surface area contributed by atoms with Gasteiger partial charge in [-0.2, -0.15) is 5.10 Å². The lowest BCUT2D eigenvalue weighted by molar-refractivity contribution is 0.0692.